The van der Waals surface area contributed by atoms with Gasteiger partial charge in [0, 0.05) is 30.3 Å². The summed E-state index contributed by atoms with van der Waals surface area (Å²) in [6, 6.07) is 1.88. The van der Waals surface area contributed by atoms with Crippen molar-refractivity contribution in [3.05, 3.63) is 23.7 Å². The molecule has 0 spiro atoms. The van der Waals surface area contributed by atoms with E-state index in [2.05, 4.69) is 41.2 Å². The summed E-state index contributed by atoms with van der Waals surface area (Å²) in [5.74, 6) is 2.66. The van der Waals surface area contributed by atoms with Gasteiger partial charge in [0.15, 0.2) is 5.82 Å². The fourth-order valence-corrected chi connectivity index (χ4v) is 1.59. The second kappa shape index (κ2) is 4.53. The molecule has 19 heavy (non-hydrogen) atoms. The highest BCUT2D eigenvalue weighted by molar-refractivity contribution is 5.61. The van der Waals surface area contributed by atoms with E-state index >= 15 is 0 Å². The van der Waals surface area contributed by atoms with Crippen molar-refractivity contribution in [2.45, 2.75) is 33.1 Å². The van der Waals surface area contributed by atoms with Gasteiger partial charge in [-0.2, -0.15) is 5.10 Å². The van der Waals surface area contributed by atoms with Crippen molar-refractivity contribution in [2.24, 2.45) is 7.05 Å². The van der Waals surface area contributed by atoms with Gasteiger partial charge in [0.2, 0.25) is 0 Å². The predicted octanol–water partition coefficient (Wildman–Crippen LogP) is 2.14. The lowest BCUT2D eigenvalue weighted by atomic mass is 9.95. The number of nitrogen functional groups attached to an aromatic ring is 1. The molecule has 102 valence electrons. The van der Waals surface area contributed by atoms with E-state index in [1.54, 1.807) is 4.68 Å². The SMILES string of the molecule is Cc1c(N)nc(C(C)(C)C)nc1Nc1ccn(C)n1. The zero-order valence-electron chi connectivity index (χ0n) is 12.0. The molecular weight excluding hydrogens is 240 g/mol. The summed E-state index contributed by atoms with van der Waals surface area (Å²) >= 11 is 0. The minimum absolute atomic E-state index is 0.150. The number of aryl methyl sites for hydroxylation is 1. The van der Waals surface area contributed by atoms with Crippen LogP contribution in [0.5, 0.6) is 0 Å². The highest BCUT2D eigenvalue weighted by Gasteiger charge is 2.20. The third kappa shape index (κ3) is 2.83. The first-order valence-electron chi connectivity index (χ1n) is 6.18. The smallest absolute Gasteiger partial charge is 0.153 e. The van der Waals surface area contributed by atoms with Gasteiger partial charge < -0.3 is 11.1 Å². The summed E-state index contributed by atoms with van der Waals surface area (Å²) < 4.78 is 1.73. The van der Waals surface area contributed by atoms with Crippen LogP contribution in [0.1, 0.15) is 32.2 Å². The molecule has 0 saturated heterocycles. The van der Waals surface area contributed by atoms with E-state index in [1.807, 2.05) is 26.2 Å². The number of nitrogens with zero attached hydrogens (tertiary/aromatic N) is 4. The van der Waals surface area contributed by atoms with Gasteiger partial charge in [0.1, 0.15) is 17.5 Å². The summed E-state index contributed by atoms with van der Waals surface area (Å²) in [7, 11) is 1.87. The summed E-state index contributed by atoms with van der Waals surface area (Å²) in [6.07, 6.45) is 1.87. The van der Waals surface area contributed by atoms with Crippen molar-refractivity contribution in [1.82, 2.24) is 19.7 Å². The standard InChI is InChI=1S/C13H20N6/c1-8-10(14)16-12(13(2,3)4)17-11(8)15-9-6-7-19(5)18-9/h6-7H,1-5H3,(H3,14,15,16,17,18). The van der Waals surface area contributed by atoms with Crippen molar-refractivity contribution in [1.29, 1.82) is 0 Å². The van der Waals surface area contributed by atoms with Gasteiger partial charge in [-0.1, -0.05) is 20.8 Å². The van der Waals surface area contributed by atoms with Crippen LogP contribution >= 0.6 is 0 Å². The second-order valence-corrected chi connectivity index (χ2v) is 5.66. The van der Waals surface area contributed by atoms with Crippen LogP contribution in [0.2, 0.25) is 0 Å². The van der Waals surface area contributed by atoms with E-state index in [4.69, 9.17) is 5.73 Å². The molecule has 2 rings (SSSR count). The molecule has 0 bridgehead atoms. The van der Waals surface area contributed by atoms with Gasteiger partial charge in [-0.15, -0.1) is 0 Å². The quantitative estimate of drug-likeness (QED) is 0.864. The fourth-order valence-electron chi connectivity index (χ4n) is 1.59. The number of aromatic nitrogens is 4. The molecule has 0 atom stereocenters. The number of hydrogen-bond acceptors (Lipinski definition) is 5. The Labute approximate surface area is 113 Å². The molecular formula is C13H20N6. The van der Waals surface area contributed by atoms with E-state index in [-0.39, 0.29) is 5.41 Å². The summed E-state index contributed by atoms with van der Waals surface area (Å²) in [4.78, 5) is 8.91. The van der Waals surface area contributed by atoms with E-state index in [9.17, 15) is 0 Å². The Morgan fingerprint density at radius 1 is 1.26 bits per heavy atom. The number of hydrogen-bond donors (Lipinski definition) is 2. The van der Waals surface area contributed by atoms with Crippen LogP contribution < -0.4 is 11.1 Å². The molecule has 2 aromatic rings. The minimum Gasteiger partial charge on any atom is -0.383 e. The molecule has 0 saturated carbocycles. The van der Waals surface area contributed by atoms with E-state index < -0.39 is 0 Å². The Kier molecular flexibility index (Phi) is 3.18. The van der Waals surface area contributed by atoms with Crippen molar-refractivity contribution in [3.63, 3.8) is 0 Å². The van der Waals surface area contributed by atoms with Crippen LogP contribution in [0.3, 0.4) is 0 Å². The number of nitrogens with one attached hydrogen (secondary N) is 1. The maximum absolute atomic E-state index is 5.96. The van der Waals surface area contributed by atoms with Crippen LogP contribution in [0.4, 0.5) is 17.5 Å². The lowest BCUT2D eigenvalue weighted by Crippen LogP contribution is -2.19. The van der Waals surface area contributed by atoms with Crippen molar-refractivity contribution in [2.75, 3.05) is 11.1 Å². The Balaban J connectivity index is 2.41. The molecule has 0 aliphatic rings. The second-order valence-electron chi connectivity index (χ2n) is 5.66. The van der Waals surface area contributed by atoms with Crippen LogP contribution in [-0.4, -0.2) is 19.7 Å². The number of nitrogens with two attached hydrogens (primary N) is 1. The lowest BCUT2D eigenvalue weighted by molar-refractivity contribution is 0.546. The molecule has 0 radical (unpaired) electrons. The third-order valence-corrected chi connectivity index (χ3v) is 2.81. The maximum Gasteiger partial charge on any atom is 0.153 e. The largest absolute Gasteiger partial charge is 0.383 e. The van der Waals surface area contributed by atoms with Gasteiger partial charge in [0.05, 0.1) is 0 Å². The van der Waals surface area contributed by atoms with E-state index in [1.165, 1.54) is 0 Å². The monoisotopic (exact) mass is 260 g/mol. The molecule has 3 N–H and O–H groups in total. The van der Waals surface area contributed by atoms with Crippen LogP contribution in [0, 0.1) is 6.92 Å². The first-order chi connectivity index (χ1) is 8.77. The van der Waals surface area contributed by atoms with Gasteiger partial charge in [0.25, 0.3) is 0 Å². The molecule has 6 heteroatoms. The Morgan fingerprint density at radius 2 is 1.95 bits per heavy atom. The predicted molar refractivity (Wildman–Crippen MR) is 76.4 cm³/mol. The molecule has 0 amide bonds. The van der Waals surface area contributed by atoms with Gasteiger partial charge in [-0.05, 0) is 6.92 Å². The molecule has 2 heterocycles. The normalized spacial score (nSPS) is 11.6. The lowest BCUT2D eigenvalue weighted by Gasteiger charge is -2.19. The third-order valence-electron chi connectivity index (χ3n) is 2.81. The van der Waals surface area contributed by atoms with Crippen molar-refractivity contribution < 1.29 is 0 Å². The molecule has 0 aliphatic heterocycles. The zero-order chi connectivity index (χ0) is 14.2. The first kappa shape index (κ1) is 13.3. The summed E-state index contributed by atoms with van der Waals surface area (Å²) in [5, 5.41) is 7.46. The van der Waals surface area contributed by atoms with Gasteiger partial charge >= 0.3 is 0 Å². The highest BCUT2D eigenvalue weighted by Crippen LogP contribution is 2.26. The van der Waals surface area contributed by atoms with Crippen molar-refractivity contribution in [3.8, 4) is 0 Å². The molecule has 0 aliphatic carbocycles. The summed E-state index contributed by atoms with van der Waals surface area (Å²) in [5.41, 5.74) is 6.64. The number of rotatable bonds is 2. The molecule has 0 aromatic carbocycles. The van der Waals surface area contributed by atoms with Crippen LogP contribution in [0.15, 0.2) is 12.3 Å². The Bertz CT molecular complexity index is 594. The topological polar surface area (TPSA) is 81.6 Å². The van der Waals surface area contributed by atoms with Crippen molar-refractivity contribution >= 4 is 17.5 Å². The molecule has 6 nitrogen and oxygen atoms in total. The summed E-state index contributed by atoms with van der Waals surface area (Å²) in [6.45, 7) is 8.07. The van der Waals surface area contributed by atoms with E-state index in [0.29, 0.717) is 17.5 Å². The molecule has 2 aromatic heterocycles. The number of anilines is 3. The average Bonchev–Trinajstić information content (AvgIpc) is 2.69. The first-order valence-corrected chi connectivity index (χ1v) is 6.18. The fraction of sp³-hybridized carbons (Fsp3) is 0.462. The Hall–Kier alpha value is -2.11. The zero-order valence-corrected chi connectivity index (χ0v) is 12.0. The average molecular weight is 260 g/mol. The van der Waals surface area contributed by atoms with Crippen LogP contribution in [-0.2, 0) is 12.5 Å². The van der Waals surface area contributed by atoms with Crippen LogP contribution in [0.25, 0.3) is 0 Å². The maximum atomic E-state index is 5.96. The van der Waals surface area contributed by atoms with Gasteiger partial charge in [-0.25, -0.2) is 9.97 Å². The van der Waals surface area contributed by atoms with Gasteiger partial charge in [-0.3, -0.25) is 4.68 Å². The molecule has 0 fully saturated rings. The Morgan fingerprint density at radius 3 is 2.47 bits per heavy atom. The minimum atomic E-state index is -0.150. The highest BCUT2D eigenvalue weighted by atomic mass is 15.3. The van der Waals surface area contributed by atoms with E-state index in [0.717, 1.165) is 11.4 Å². The molecule has 0 unspecified atom stereocenters.